The maximum Gasteiger partial charge on any atom is 0.250 e. The average molecular weight is 288 g/mol. The molecule has 0 radical (unpaired) electrons. The zero-order valence-electron chi connectivity index (χ0n) is 13.1. The number of hydrogen-bond acceptors (Lipinski definition) is 2. The monoisotopic (exact) mass is 288 g/mol. The normalized spacial score (nSPS) is 25.9. The van der Waals surface area contributed by atoms with Gasteiger partial charge in [0.2, 0.25) is 5.91 Å². The fourth-order valence-electron chi connectivity index (χ4n) is 2.77. The Hall–Kier alpha value is -1.84. The number of benzene rings is 1. The number of rotatable bonds is 5. The first-order valence-corrected chi connectivity index (χ1v) is 7.72. The number of hydrogen-bond donors (Lipinski definition) is 1. The molecule has 2 atom stereocenters. The molecule has 0 saturated carbocycles. The number of piperazine rings is 1. The predicted octanol–water partition coefficient (Wildman–Crippen LogP) is 2.65. The highest BCUT2D eigenvalue weighted by Crippen LogP contribution is 2.30. The van der Waals surface area contributed by atoms with E-state index in [0.717, 1.165) is 18.4 Å². The zero-order valence-corrected chi connectivity index (χ0v) is 13.1. The van der Waals surface area contributed by atoms with E-state index < -0.39 is 11.6 Å². The summed E-state index contributed by atoms with van der Waals surface area (Å²) in [5, 5.41) is 2.90. The zero-order chi connectivity index (χ0) is 15.5. The second kappa shape index (κ2) is 6.29. The Labute approximate surface area is 126 Å². The van der Waals surface area contributed by atoms with Crippen LogP contribution in [0.5, 0.6) is 0 Å². The molecule has 1 heterocycles. The van der Waals surface area contributed by atoms with E-state index in [1.807, 2.05) is 44.2 Å². The molecule has 4 heteroatoms. The Morgan fingerprint density at radius 3 is 2.43 bits per heavy atom. The van der Waals surface area contributed by atoms with Crippen molar-refractivity contribution in [3.63, 3.8) is 0 Å². The summed E-state index contributed by atoms with van der Waals surface area (Å²) in [6.07, 6.45) is 2.53. The van der Waals surface area contributed by atoms with Crippen molar-refractivity contribution >= 4 is 11.8 Å². The maximum atomic E-state index is 12.9. The molecule has 114 valence electrons. The Kier molecular flexibility index (Phi) is 4.66. The van der Waals surface area contributed by atoms with Gasteiger partial charge in [-0.25, -0.2) is 0 Å². The number of carbonyl (C=O) groups is 2. The van der Waals surface area contributed by atoms with E-state index in [9.17, 15) is 9.59 Å². The van der Waals surface area contributed by atoms with Crippen molar-refractivity contribution in [2.24, 2.45) is 0 Å². The van der Waals surface area contributed by atoms with Crippen molar-refractivity contribution in [3.05, 3.63) is 35.9 Å². The third kappa shape index (κ3) is 2.80. The average Bonchev–Trinajstić information content (AvgIpc) is 2.51. The third-order valence-corrected chi connectivity index (χ3v) is 4.43. The van der Waals surface area contributed by atoms with Gasteiger partial charge in [-0.3, -0.25) is 9.59 Å². The number of unbranched alkanes of at least 4 members (excludes halogenated alkanes) is 1. The fraction of sp³-hybridized carbons (Fsp3) is 0.529. The van der Waals surface area contributed by atoms with Gasteiger partial charge in [0.05, 0.1) is 0 Å². The van der Waals surface area contributed by atoms with Gasteiger partial charge in [0.15, 0.2) is 0 Å². The molecule has 0 aromatic heterocycles. The molecule has 1 fully saturated rings. The van der Waals surface area contributed by atoms with Gasteiger partial charge in [-0.15, -0.1) is 0 Å². The molecule has 1 aromatic rings. The smallest absolute Gasteiger partial charge is 0.250 e. The largest absolute Gasteiger partial charge is 0.338 e. The molecular formula is C17H24N2O2. The van der Waals surface area contributed by atoms with E-state index in [4.69, 9.17) is 0 Å². The van der Waals surface area contributed by atoms with Crippen molar-refractivity contribution in [1.82, 2.24) is 10.2 Å². The summed E-state index contributed by atoms with van der Waals surface area (Å²) in [7, 11) is 0. The Balaban J connectivity index is 2.33. The molecular weight excluding hydrogens is 264 g/mol. The lowest BCUT2D eigenvalue weighted by Crippen LogP contribution is -2.66. The number of nitrogens with one attached hydrogen (secondary N) is 1. The van der Waals surface area contributed by atoms with Crippen LogP contribution in [0.4, 0.5) is 0 Å². The Morgan fingerprint density at radius 1 is 1.19 bits per heavy atom. The Morgan fingerprint density at radius 2 is 1.86 bits per heavy atom. The number of amides is 2. The number of carbonyl (C=O) groups excluding carboxylic acids is 2. The van der Waals surface area contributed by atoms with E-state index in [-0.39, 0.29) is 11.8 Å². The van der Waals surface area contributed by atoms with Gasteiger partial charge >= 0.3 is 0 Å². The molecule has 0 aliphatic carbocycles. The molecule has 0 bridgehead atoms. The highest BCUT2D eigenvalue weighted by Gasteiger charge is 2.48. The first-order valence-electron chi connectivity index (χ1n) is 7.72. The topological polar surface area (TPSA) is 49.4 Å². The Bertz CT molecular complexity index is 515. The molecule has 2 rings (SSSR count). The minimum Gasteiger partial charge on any atom is -0.338 e. The van der Waals surface area contributed by atoms with Gasteiger partial charge in [-0.2, -0.15) is 0 Å². The minimum atomic E-state index is -0.739. The first-order chi connectivity index (χ1) is 10.0. The van der Waals surface area contributed by atoms with Crippen LogP contribution in [0.25, 0.3) is 0 Å². The van der Waals surface area contributed by atoms with Crippen LogP contribution in [0, 0.1) is 0 Å². The van der Waals surface area contributed by atoms with Crippen LogP contribution in [-0.2, 0) is 9.59 Å². The van der Waals surface area contributed by atoms with Gasteiger partial charge in [-0.1, -0.05) is 50.6 Å². The van der Waals surface area contributed by atoms with Crippen LogP contribution < -0.4 is 5.32 Å². The molecule has 2 unspecified atom stereocenters. The summed E-state index contributed by atoms with van der Waals surface area (Å²) in [6.45, 7) is 6.54. The standard InChI is InChI=1S/C17H24N2O2/c1-4-6-12-19-15(20)14(13-10-8-7-9-11-13)18-16(21)17(19,3)5-2/h7-11,14H,4-6,12H2,1-3H3,(H,18,21). The lowest BCUT2D eigenvalue weighted by atomic mass is 9.88. The summed E-state index contributed by atoms with van der Waals surface area (Å²) in [6, 6.07) is 8.89. The summed E-state index contributed by atoms with van der Waals surface area (Å²) >= 11 is 0. The molecule has 1 aromatic carbocycles. The molecule has 1 N–H and O–H groups in total. The highest BCUT2D eigenvalue weighted by molar-refractivity contribution is 6.00. The van der Waals surface area contributed by atoms with Crippen molar-refractivity contribution in [3.8, 4) is 0 Å². The molecule has 1 aliphatic rings. The lowest BCUT2D eigenvalue weighted by molar-refractivity contribution is -0.157. The maximum absolute atomic E-state index is 12.9. The molecule has 2 amide bonds. The summed E-state index contributed by atoms with van der Waals surface area (Å²) < 4.78 is 0. The van der Waals surface area contributed by atoms with Crippen LogP contribution in [-0.4, -0.2) is 28.8 Å². The van der Waals surface area contributed by atoms with Crippen LogP contribution >= 0.6 is 0 Å². The van der Waals surface area contributed by atoms with Crippen LogP contribution in [0.15, 0.2) is 30.3 Å². The quantitative estimate of drug-likeness (QED) is 0.905. The van der Waals surface area contributed by atoms with Crippen LogP contribution in [0.2, 0.25) is 0 Å². The molecule has 4 nitrogen and oxygen atoms in total. The van der Waals surface area contributed by atoms with E-state index in [1.54, 1.807) is 4.90 Å². The van der Waals surface area contributed by atoms with Gasteiger partial charge < -0.3 is 10.2 Å². The minimum absolute atomic E-state index is 0.00130. The molecule has 0 spiro atoms. The fourth-order valence-corrected chi connectivity index (χ4v) is 2.77. The molecule has 1 saturated heterocycles. The van der Waals surface area contributed by atoms with Crippen molar-refractivity contribution in [2.75, 3.05) is 6.54 Å². The predicted molar refractivity (Wildman–Crippen MR) is 82.6 cm³/mol. The van der Waals surface area contributed by atoms with E-state index in [1.165, 1.54) is 0 Å². The highest BCUT2D eigenvalue weighted by atomic mass is 16.2. The summed E-state index contributed by atoms with van der Waals surface area (Å²) in [5.74, 6) is -0.0619. The van der Waals surface area contributed by atoms with Gasteiger partial charge in [-0.05, 0) is 25.3 Å². The summed E-state index contributed by atoms with van der Waals surface area (Å²) in [4.78, 5) is 27.2. The van der Waals surface area contributed by atoms with Crippen molar-refractivity contribution in [1.29, 1.82) is 0 Å². The summed E-state index contributed by atoms with van der Waals surface area (Å²) in [5.41, 5.74) is 0.104. The van der Waals surface area contributed by atoms with Gasteiger partial charge in [0.1, 0.15) is 11.6 Å². The molecule has 21 heavy (non-hydrogen) atoms. The van der Waals surface area contributed by atoms with Gasteiger partial charge in [0, 0.05) is 6.54 Å². The van der Waals surface area contributed by atoms with Crippen molar-refractivity contribution < 1.29 is 9.59 Å². The van der Waals surface area contributed by atoms with Crippen LogP contribution in [0.1, 0.15) is 51.6 Å². The van der Waals surface area contributed by atoms with Crippen LogP contribution in [0.3, 0.4) is 0 Å². The second-order valence-corrected chi connectivity index (χ2v) is 5.79. The van der Waals surface area contributed by atoms with E-state index in [2.05, 4.69) is 12.2 Å². The SMILES string of the molecule is CCCCN1C(=O)C(c2ccccc2)NC(=O)C1(C)CC. The van der Waals surface area contributed by atoms with E-state index in [0.29, 0.717) is 13.0 Å². The van der Waals surface area contributed by atoms with Gasteiger partial charge in [0.25, 0.3) is 5.91 Å². The third-order valence-electron chi connectivity index (χ3n) is 4.43. The first kappa shape index (κ1) is 15.5. The molecule has 1 aliphatic heterocycles. The second-order valence-electron chi connectivity index (χ2n) is 5.79. The number of nitrogens with zero attached hydrogens (tertiary/aromatic N) is 1. The van der Waals surface area contributed by atoms with E-state index >= 15 is 0 Å². The van der Waals surface area contributed by atoms with Crippen molar-refractivity contribution in [2.45, 2.75) is 51.6 Å². The lowest BCUT2D eigenvalue weighted by Gasteiger charge is -2.46.